The molecule has 0 unspecified atom stereocenters. The van der Waals surface area contributed by atoms with Crippen molar-refractivity contribution in [1.29, 1.82) is 0 Å². The molecule has 0 radical (unpaired) electrons. The molecule has 0 amide bonds. The van der Waals surface area contributed by atoms with Gasteiger partial charge in [-0.25, -0.2) is 13.1 Å². The fourth-order valence-electron chi connectivity index (χ4n) is 0.953. The van der Waals surface area contributed by atoms with Gasteiger partial charge < -0.3 is 5.11 Å². The standard InChI is InChI=1S/C8H13NO3S2/c1-7-2-4-13-8(7)6-9-14(11,12)5-3-10/h2,4,9-10H,3,5-6H2,1H3. The largest absolute Gasteiger partial charge is 0.395 e. The zero-order valence-electron chi connectivity index (χ0n) is 7.86. The quantitative estimate of drug-likeness (QED) is 0.779. The molecule has 0 saturated heterocycles. The minimum Gasteiger partial charge on any atom is -0.395 e. The average Bonchev–Trinajstić information content (AvgIpc) is 2.48. The lowest BCUT2D eigenvalue weighted by molar-refractivity contribution is 0.319. The van der Waals surface area contributed by atoms with Crippen LogP contribution in [-0.2, 0) is 16.6 Å². The first kappa shape index (κ1) is 11.6. The molecule has 1 rings (SSSR count). The van der Waals surface area contributed by atoms with Crippen LogP contribution in [-0.4, -0.2) is 25.9 Å². The highest BCUT2D eigenvalue weighted by atomic mass is 32.2. The summed E-state index contributed by atoms with van der Waals surface area (Å²) in [5.74, 6) is -0.239. The molecule has 1 aromatic heterocycles. The van der Waals surface area contributed by atoms with Crippen molar-refractivity contribution in [2.24, 2.45) is 0 Å². The van der Waals surface area contributed by atoms with Crippen molar-refractivity contribution in [3.05, 3.63) is 21.9 Å². The Hall–Kier alpha value is -0.430. The summed E-state index contributed by atoms with van der Waals surface area (Å²) in [4.78, 5) is 1.01. The van der Waals surface area contributed by atoms with Crippen molar-refractivity contribution in [2.45, 2.75) is 13.5 Å². The molecular formula is C8H13NO3S2. The monoisotopic (exact) mass is 235 g/mol. The van der Waals surface area contributed by atoms with E-state index in [0.29, 0.717) is 6.54 Å². The number of aliphatic hydroxyl groups is 1. The third-order valence-electron chi connectivity index (χ3n) is 1.78. The molecule has 0 fully saturated rings. The second-order valence-electron chi connectivity index (χ2n) is 2.89. The minimum atomic E-state index is -3.32. The molecule has 0 atom stereocenters. The number of aryl methyl sites for hydroxylation is 1. The maximum Gasteiger partial charge on any atom is 0.214 e. The number of thiophene rings is 1. The molecule has 0 spiro atoms. The van der Waals surface area contributed by atoms with E-state index in [1.54, 1.807) is 0 Å². The Bertz CT molecular complexity index is 383. The van der Waals surface area contributed by atoms with Crippen molar-refractivity contribution < 1.29 is 13.5 Å². The van der Waals surface area contributed by atoms with Crippen molar-refractivity contribution in [3.63, 3.8) is 0 Å². The molecular weight excluding hydrogens is 222 g/mol. The molecule has 0 aliphatic rings. The Labute approximate surface area is 87.6 Å². The summed E-state index contributed by atoms with van der Waals surface area (Å²) < 4.78 is 24.8. The molecule has 0 aromatic carbocycles. The Kier molecular flexibility index (Phi) is 4.06. The zero-order valence-corrected chi connectivity index (χ0v) is 9.49. The van der Waals surface area contributed by atoms with Gasteiger partial charge in [-0.2, -0.15) is 0 Å². The van der Waals surface area contributed by atoms with E-state index in [4.69, 9.17) is 5.11 Å². The van der Waals surface area contributed by atoms with Gasteiger partial charge in [-0.05, 0) is 23.9 Å². The second kappa shape index (κ2) is 4.88. The van der Waals surface area contributed by atoms with Crippen molar-refractivity contribution in [3.8, 4) is 0 Å². The lowest BCUT2D eigenvalue weighted by Gasteiger charge is -2.04. The second-order valence-corrected chi connectivity index (χ2v) is 5.82. The first-order valence-electron chi connectivity index (χ1n) is 4.16. The minimum absolute atomic E-state index is 0.239. The maximum atomic E-state index is 11.2. The third kappa shape index (κ3) is 3.38. The van der Waals surface area contributed by atoms with Crippen LogP contribution >= 0.6 is 11.3 Å². The fraction of sp³-hybridized carbons (Fsp3) is 0.500. The van der Waals surface area contributed by atoms with Gasteiger partial charge in [0.1, 0.15) is 0 Å². The summed E-state index contributed by atoms with van der Waals surface area (Å²) in [6.07, 6.45) is 0. The van der Waals surface area contributed by atoms with Crippen LogP contribution in [0.5, 0.6) is 0 Å². The van der Waals surface area contributed by atoms with E-state index in [2.05, 4.69) is 4.72 Å². The number of aliphatic hydroxyl groups excluding tert-OH is 1. The van der Waals surface area contributed by atoms with Crippen LogP contribution in [0.25, 0.3) is 0 Å². The van der Waals surface area contributed by atoms with E-state index in [0.717, 1.165) is 10.4 Å². The SMILES string of the molecule is Cc1ccsc1CNS(=O)(=O)CCO. The number of hydrogen-bond donors (Lipinski definition) is 2. The third-order valence-corrected chi connectivity index (χ3v) is 4.11. The molecule has 2 N–H and O–H groups in total. The summed E-state index contributed by atoms with van der Waals surface area (Å²) in [6, 6.07) is 1.94. The van der Waals surface area contributed by atoms with Crippen LogP contribution in [0.3, 0.4) is 0 Å². The average molecular weight is 235 g/mol. The first-order valence-corrected chi connectivity index (χ1v) is 6.69. The first-order chi connectivity index (χ1) is 6.55. The number of rotatable bonds is 5. The van der Waals surface area contributed by atoms with Crippen LogP contribution < -0.4 is 4.72 Å². The van der Waals surface area contributed by atoms with Crippen LogP contribution in [0, 0.1) is 6.92 Å². The van der Waals surface area contributed by atoms with Crippen molar-refractivity contribution >= 4 is 21.4 Å². The van der Waals surface area contributed by atoms with Gasteiger partial charge in [0.05, 0.1) is 12.4 Å². The highest BCUT2D eigenvalue weighted by Crippen LogP contribution is 2.14. The number of sulfonamides is 1. The molecule has 0 bridgehead atoms. The summed E-state index contributed by atoms with van der Waals surface area (Å²) >= 11 is 1.52. The van der Waals surface area contributed by atoms with E-state index in [-0.39, 0.29) is 12.4 Å². The van der Waals surface area contributed by atoms with E-state index in [1.165, 1.54) is 11.3 Å². The van der Waals surface area contributed by atoms with Gasteiger partial charge in [0, 0.05) is 11.4 Å². The van der Waals surface area contributed by atoms with Gasteiger partial charge in [0.25, 0.3) is 0 Å². The summed E-state index contributed by atoms with van der Waals surface area (Å²) in [7, 11) is -3.32. The Morgan fingerprint density at radius 2 is 2.29 bits per heavy atom. The van der Waals surface area contributed by atoms with Crippen LogP contribution in [0.2, 0.25) is 0 Å². The Balaban J connectivity index is 2.53. The Morgan fingerprint density at radius 1 is 1.57 bits per heavy atom. The highest BCUT2D eigenvalue weighted by molar-refractivity contribution is 7.89. The van der Waals surface area contributed by atoms with Crippen molar-refractivity contribution in [1.82, 2.24) is 4.72 Å². The van der Waals surface area contributed by atoms with Gasteiger partial charge in [-0.3, -0.25) is 0 Å². The van der Waals surface area contributed by atoms with Gasteiger partial charge in [0.15, 0.2) is 0 Å². The van der Waals surface area contributed by atoms with Gasteiger partial charge in [-0.1, -0.05) is 0 Å². The molecule has 14 heavy (non-hydrogen) atoms. The predicted molar refractivity (Wildman–Crippen MR) is 56.8 cm³/mol. The van der Waals surface area contributed by atoms with Gasteiger partial charge >= 0.3 is 0 Å². The smallest absolute Gasteiger partial charge is 0.214 e. The van der Waals surface area contributed by atoms with E-state index < -0.39 is 10.0 Å². The molecule has 0 aliphatic carbocycles. The molecule has 0 saturated carbocycles. The maximum absolute atomic E-state index is 11.2. The van der Waals surface area contributed by atoms with E-state index in [9.17, 15) is 8.42 Å². The van der Waals surface area contributed by atoms with Crippen LogP contribution in [0.15, 0.2) is 11.4 Å². The fourth-order valence-corrected chi connectivity index (χ4v) is 2.64. The number of nitrogens with one attached hydrogen (secondary N) is 1. The van der Waals surface area contributed by atoms with E-state index in [1.807, 2.05) is 18.4 Å². The molecule has 0 aliphatic heterocycles. The zero-order chi connectivity index (χ0) is 10.6. The van der Waals surface area contributed by atoms with Gasteiger partial charge in [-0.15, -0.1) is 11.3 Å². The molecule has 6 heteroatoms. The Morgan fingerprint density at radius 3 is 2.79 bits per heavy atom. The van der Waals surface area contributed by atoms with Crippen LogP contribution in [0.4, 0.5) is 0 Å². The summed E-state index contributed by atoms with van der Waals surface area (Å²) in [5, 5.41) is 10.4. The molecule has 1 aromatic rings. The molecule has 1 heterocycles. The topological polar surface area (TPSA) is 66.4 Å². The van der Waals surface area contributed by atoms with E-state index >= 15 is 0 Å². The molecule has 80 valence electrons. The van der Waals surface area contributed by atoms with Gasteiger partial charge in [0.2, 0.25) is 10.0 Å². The summed E-state index contributed by atoms with van der Waals surface area (Å²) in [6.45, 7) is 1.90. The number of hydrogen-bond acceptors (Lipinski definition) is 4. The summed E-state index contributed by atoms with van der Waals surface area (Å²) in [5.41, 5.74) is 1.08. The lowest BCUT2D eigenvalue weighted by atomic mass is 10.3. The molecule has 4 nitrogen and oxygen atoms in total. The predicted octanol–water partition coefficient (Wildman–Crippen LogP) is 0.468. The lowest BCUT2D eigenvalue weighted by Crippen LogP contribution is -2.27. The highest BCUT2D eigenvalue weighted by Gasteiger charge is 2.09. The normalized spacial score (nSPS) is 11.9. The van der Waals surface area contributed by atoms with Crippen LogP contribution in [0.1, 0.15) is 10.4 Å². The van der Waals surface area contributed by atoms with Crippen molar-refractivity contribution in [2.75, 3.05) is 12.4 Å².